The van der Waals surface area contributed by atoms with Gasteiger partial charge < -0.3 is 5.32 Å². The fraction of sp³-hybridized carbons (Fsp3) is 0.350. The first kappa shape index (κ1) is 20.4. The van der Waals surface area contributed by atoms with Crippen molar-refractivity contribution in [3.8, 4) is 0 Å². The Balaban J connectivity index is 1.77. The summed E-state index contributed by atoms with van der Waals surface area (Å²) in [6.45, 7) is 0. The highest BCUT2D eigenvalue weighted by molar-refractivity contribution is 7.91. The Morgan fingerprint density at radius 2 is 1.71 bits per heavy atom. The molecule has 0 saturated heterocycles. The van der Waals surface area contributed by atoms with Gasteiger partial charge in [-0.05, 0) is 55.2 Å². The second-order valence-electron chi connectivity index (χ2n) is 6.99. The van der Waals surface area contributed by atoms with Gasteiger partial charge in [0.25, 0.3) is 5.91 Å². The number of carbonyl (C=O) groups excluding carboxylic acids is 1. The van der Waals surface area contributed by atoms with E-state index in [0.29, 0.717) is 0 Å². The van der Waals surface area contributed by atoms with Crippen molar-refractivity contribution in [2.24, 2.45) is 5.92 Å². The minimum absolute atomic E-state index is 0.0148. The third kappa shape index (κ3) is 4.92. The van der Waals surface area contributed by atoms with E-state index in [0.717, 1.165) is 37.8 Å². The highest BCUT2D eigenvalue weighted by atomic mass is 32.2. The van der Waals surface area contributed by atoms with E-state index in [1.54, 1.807) is 0 Å². The zero-order valence-corrected chi connectivity index (χ0v) is 15.8. The van der Waals surface area contributed by atoms with Crippen molar-refractivity contribution in [1.29, 1.82) is 0 Å². The van der Waals surface area contributed by atoms with E-state index in [1.165, 1.54) is 36.4 Å². The lowest BCUT2D eigenvalue weighted by atomic mass is 10.1. The molecule has 1 N–H and O–H groups in total. The summed E-state index contributed by atoms with van der Waals surface area (Å²) in [5, 5.41) is 2.39. The summed E-state index contributed by atoms with van der Waals surface area (Å²) in [4.78, 5) is 12.5. The highest BCUT2D eigenvalue weighted by Crippen LogP contribution is 2.31. The topological polar surface area (TPSA) is 63.2 Å². The summed E-state index contributed by atoms with van der Waals surface area (Å²) in [6.07, 6.45) is -0.696. The number of sulfone groups is 1. The van der Waals surface area contributed by atoms with Crippen LogP contribution in [0.3, 0.4) is 0 Å². The maximum Gasteiger partial charge on any atom is 0.416 e. The Morgan fingerprint density at radius 1 is 1.04 bits per heavy atom. The molecule has 0 unspecified atom stereocenters. The zero-order chi connectivity index (χ0) is 20.4. The Hall–Kier alpha value is -2.35. The number of rotatable bonds is 5. The standard InChI is InChI=1S/C20H20F3NO3S/c21-20(22,23)16-8-4-9-17(12-16)24-19(25)15-7-3-10-18(11-15)28(26,27)13-14-5-1-2-6-14/h3-4,7-12,14H,1-2,5-6,13H2,(H,24,25). The van der Waals surface area contributed by atoms with E-state index in [9.17, 15) is 26.4 Å². The van der Waals surface area contributed by atoms with Gasteiger partial charge in [0.2, 0.25) is 0 Å². The van der Waals surface area contributed by atoms with Crippen LogP contribution in [0.2, 0.25) is 0 Å². The highest BCUT2D eigenvalue weighted by Gasteiger charge is 2.30. The fourth-order valence-corrected chi connectivity index (χ4v) is 5.13. The van der Waals surface area contributed by atoms with Crippen molar-refractivity contribution in [3.05, 3.63) is 59.7 Å². The van der Waals surface area contributed by atoms with Gasteiger partial charge >= 0.3 is 6.18 Å². The number of nitrogens with one attached hydrogen (secondary N) is 1. The third-order valence-corrected chi connectivity index (χ3v) is 6.72. The number of carbonyl (C=O) groups is 1. The second kappa shape index (κ2) is 7.95. The molecule has 1 saturated carbocycles. The molecule has 0 radical (unpaired) electrons. The summed E-state index contributed by atoms with van der Waals surface area (Å²) >= 11 is 0. The lowest BCUT2D eigenvalue weighted by Gasteiger charge is -2.12. The number of hydrogen-bond donors (Lipinski definition) is 1. The van der Waals surface area contributed by atoms with Crippen LogP contribution >= 0.6 is 0 Å². The summed E-state index contributed by atoms with van der Waals surface area (Å²) in [5.41, 5.74) is -0.817. The molecule has 1 amide bonds. The van der Waals surface area contributed by atoms with Crippen LogP contribution < -0.4 is 5.32 Å². The molecule has 2 aromatic carbocycles. The third-order valence-electron chi connectivity index (χ3n) is 4.83. The fourth-order valence-electron chi connectivity index (χ4n) is 3.39. The van der Waals surface area contributed by atoms with Crippen LogP contribution in [-0.2, 0) is 16.0 Å². The average molecular weight is 411 g/mol. The lowest BCUT2D eigenvalue weighted by Crippen LogP contribution is -2.16. The van der Waals surface area contributed by atoms with Crippen molar-refractivity contribution in [3.63, 3.8) is 0 Å². The van der Waals surface area contributed by atoms with E-state index in [2.05, 4.69) is 5.32 Å². The molecule has 1 aliphatic carbocycles. The summed E-state index contributed by atoms with van der Waals surface area (Å²) in [5.74, 6) is -0.490. The molecule has 0 atom stereocenters. The Labute approximate surface area is 161 Å². The van der Waals surface area contributed by atoms with Gasteiger partial charge in [-0.3, -0.25) is 4.79 Å². The molecule has 0 heterocycles. The van der Waals surface area contributed by atoms with Gasteiger partial charge in [-0.15, -0.1) is 0 Å². The Bertz CT molecular complexity index is 965. The van der Waals surface area contributed by atoms with Crippen LogP contribution in [0.5, 0.6) is 0 Å². The molecule has 0 aromatic heterocycles. The molecule has 3 rings (SSSR count). The molecule has 4 nitrogen and oxygen atoms in total. The van der Waals surface area contributed by atoms with Crippen molar-refractivity contribution in [2.45, 2.75) is 36.8 Å². The van der Waals surface area contributed by atoms with E-state index >= 15 is 0 Å². The molecule has 150 valence electrons. The van der Waals surface area contributed by atoms with E-state index < -0.39 is 27.5 Å². The first-order chi connectivity index (χ1) is 13.1. The van der Waals surface area contributed by atoms with Crippen LogP contribution in [0.1, 0.15) is 41.6 Å². The quantitative estimate of drug-likeness (QED) is 0.760. The smallest absolute Gasteiger partial charge is 0.322 e. The van der Waals surface area contributed by atoms with Gasteiger partial charge in [0.15, 0.2) is 9.84 Å². The zero-order valence-electron chi connectivity index (χ0n) is 15.0. The molecule has 0 bridgehead atoms. The van der Waals surface area contributed by atoms with Crippen LogP contribution in [0.25, 0.3) is 0 Å². The molecule has 1 aliphatic rings. The summed E-state index contributed by atoms with van der Waals surface area (Å²) in [6, 6.07) is 9.87. The molecular weight excluding hydrogens is 391 g/mol. The van der Waals surface area contributed by atoms with Crippen molar-refractivity contribution < 1.29 is 26.4 Å². The molecule has 0 spiro atoms. The number of amides is 1. The van der Waals surface area contributed by atoms with Gasteiger partial charge in [-0.1, -0.05) is 25.0 Å². The SMILES string of the molecule is O=C(Nc1cccc(C(F)(F)F)c1)c1cccc(S(=O)(=O)CC2CCCC2)c1. The molecule has 1 fully saturated rings. The van der Waals surface area contributed by atoms with Crippen molar-refractivity contribution in [2.75, 3.05) is 11.1 Å². The number of halogens is 3. The number of hydrogen-bond acceptors (Lipinski definition) is 3. The van der Waals surface area contributed by atoms with Crippen LogP contribution in [0, 0.1) is 5.92 Å². The first-order valence-electron chi connectivity index (χ1n) is 8.96. The largest absolute Gasteiger partial charge is 0.416 e. The van der Waals surface area contributed by atoms with Crippen LogP contribution in [0.4, 0.5) is 18.9 Å². The predicted octanol–water partition coefficient (Wildman–Crippen LogP) is 4.92. The predicted molar refractivity (Wildman–Crippen MR) is 99.9 cm³/mol. The molecule has 0 aliphatic heterocycles. The minimum atomic E-state index is -4.52. The monoisotopic (exact) mass is 411 g/mol. The van der Waals surface area contributed by atoms with Gasteiger partial charge in [0.05, 0.1) is 16.2 Å². The van der Waals surface area contributed by atoms with E-state index in [1.807, 2.05) is 0 Å². The summed E-state index contributed by atoms with van der Waals surface area (Å²) < 4.78 is 63.6. The Kier molecular flexibility index (Phi) is 5.79. The molecular formula is C20H20F3NO3S. The average Bonchev–Trinajstić information content (AvgIpc) is 3.13. The van der Waals surface area contributed by atoms with Gasteiger partial charge in [0, 0.05) is 11.3 Å². The van der Waals surface area contributed by atoms with Crippen LogP contribution in [-0.4, -0.2) is 20.1 Å². The second-order valence-corrected chi connectivity index (χ2v) is 9.03. The van der Waals surface area contributed by atoms with Gasteiger partial charge in [0.1, 0.15) is 0 Å². The van der Waals surface area contributed by atoms with E-state index in [4.69, 9.17) is 0 Å². The normalized spacial score (nSPS) is 15.5. The van der Waals surface area contributed by atoms with E-state index in [-0.39, 0.29) is 27.8 Å². The number of anilines is 1. The first-order valence-corrected chi connectivity index (χ1v) is 10.6. The van der Waals surface area contributed by atoms with Crippen molar-refractivity contribution >= 4 is 21.4 Å². The maximum absolute atomic E-state index is 12.8. The number of benzene rings is 2. The van der Waals surface area contributed by atoms with Crippen molar-refractivity contribution in [1.82, 2.24) is 0 Å². The molecule has 8 heteroatoms. The van der Waals surface area contributed by atoms with Gasteiger partial charge in [-0.25, -0.2) is 8.42 Å². The molecule has 2 aromatic rings. The number of alkyl halides is 3. The molecule has 28 heavy (non-hydrogen) atoms. The minimum Gasteiger partial charge on any atom is -0.322 e. The van der Waals surface area contributed by atoms with Crippen LogP contribution in [0.15, 0.2) is 53.4 Å². The Morgan fingerprint density at radius 3 is 2.39 bits per heavy atom. The summed E-state index contributed by atoms with van der Waals surface area (Å²) in [7, 11) is -3.53. The maximum atomic E-state index is 12.8. The lowest BCUT2D eigenvalue weighted by molar-refractivity contribution is -0.137. The van der Waals surface area contributed by atoms with Gasteiger partial charge in [-0.2, -0.15) is 13.2 Å².